The van der Waals surface area contributed by atoms with E-state index in [1.807, 2.05) is 0 Å². The summed E-state index contributed by atoms with van der Waals surface area (Å²) in [4.78, 5) is 22.3. The summed E-state index contributed by atoms with van der Waals surface area (Å²) in [6.07, 6.45) is 0. The minimum absolute atomic E-state index is 0.0514. The van der Waals surface area contributed by atoms with Crippen LogP contribution >= 0.6 is 0 Å². The number of benzene rings is 2. The van der Waals surface area contributed by atoms with Gasteiger partial charge in [-0.2, -0.15) is 0 Å². The van der Waals surface area contributed by atoms with Gasteiger partial charge in [-0.15, -0.1) is 0 Å². The number of aryl methyl sites for hydroxylation is 2. The van der Waals surface area contributed by atoms with E-state index in [-0.39, 0.29) is 17.3 Å². The number of nitrogens with zero attached hydrogens (tertiary/aromatic N) is 1. The molecule has 0 aliphatic carbocycles. The van der Waals surface area contributed by atoms with Crippen molar-refractivity contribution in [2.24, 2.45) is 0 Å². The normalized spacial score (nSPS) is 10.2. The standard InChI is InChI=1S/C15H14N2O4/c1-9-8-12(17(20)21)4-5-13(9)15(19)16-11-3-6-14(18)10(2)7-11/h3-8,18H,1-2H3,(H,16,19). The van der Waals surface area contributed by atoms with Gasteiger partial charge < -0.3 is 10.4 Å². The third kappa shape index (κ3) is 3.17. The van der Waals surface area contributed by atoms with Gasteiger partial charge in [0, 0.05) is 23.4 Å². The number of nitrogens with one attached hydrogen (secondary N) is 1. The number of aromatic hydroxyl groups is 1. The van der Waals surface area contributed by atoms with Crippen LogP contribution in [0.15, 0.2) is 36.4 Å². The fraction of sp³-hybridized carbons (Fsp3) is 0.133. The first-order valence-corrected chi connectivity index (χ1v) is 6.24. The highest BCUT2D eigenvalue weighted by Crippen LogP contribution is 2.22. The van der Waals surface area contributed by atoms with E-state index in [1.165, 1.54) is 24.3 Å². The molecule has 1 amide bonds. The zero-order valence-electron chi connectivity index (χ0n) is 11.6. The number of nitro groups is 1. The van der Waals surface area contributed by atoms with Crippen LogP contribution in [0.25, 0.3) is 0 Å². The van der Waals surface area contributed by atoms with Crippen LogP contribution in [0.3, 0.4) is 0 Å². The van der Waals surface area contributed by atoms with Crippen LogP contribution in [0.4, 0.5) is 11.4 Å². The van der Waals surface area contributed by atoms with E-state index in [1.54, 1.807) is 26.0 Å². The lowest BCUT2D eigenvalue weighted by atomic mass is 10.1. The number of non-ortho nitro benzene ring substituents is 1. The third-order valence-electron chi connectivity index (χ3n) is 3.12. The minimum Gasteiger partial charge on any atom is -0.508 e. The molecule has 0 saturated carbocycles. The molecular weight excluding hydrogens is 272 g/mol. The predicted molar refractivity (Wildman–Crippen MR) is 78.6 cm³/mol. The number of hydrogen-bond donors (Lipinski definition) is 2. The molecule has 2 aromatic rings. The second-order valence-electron chi connectivity index (χ2n) is 4.71. The SMILES string of the molecule is Cc1cc(NC(=O)c2ccc([N+](=O)[O-])cc2C)ccc1O. The Morgan fingerprint density at radius 1 is 1.14 bits per heavy atom. The number of phenolic OH excluding ortho intramolecular Hbond substituents is 1. The second-order valence-corrected chi connectivity index (χ2v) is 4.71. The average molecular weight is 286 g/mol. The summed E-state index contributed by atoms with van der Waals surface area (Å²) >= 11 is 0. The summed E-state index contributed by atoms with van der Waals surface area (Å²) < 4.78 is 0. The number of hydrogen-bond acceptors (Lipinski definition) is 4. The highest BCUT2D eigenvalue weighted by atomic mass is 16.6. The van der Waals surface area contributed by atoms with Crippen molar-refractivity contribution in [2.75, 3.05) is 5.32 Å². The second kappa shape index (κ2) is 5.62. The number of carbonyl (C=O) groups excluding carboxylic acids is 1. The van der Waals surface area contributed by atoms with E-state index in [2.05, 4.69) is 5.32 Å². The van der Waals surface area contributed by atoms with Gasteiger partial charge in [0.2, 0.25) is 0 Å². The van der Waals surface area contributed by atoms with Crippen molar-refractivity contribution in [1.29, 1.82) is 0 Å². The summed E-state index contributed by atoms with van der Waals surface area (Å²) in [6.45, 7) is 3.37. The van der Waals surface area contributed by atoms with Crippen molar-refractivity contribution in [2.45, 2.75) is 13.8 Å². The smallest absolute Gasteiger partial charge is 0.269 e. The Morgan fingerprint density at radius 3 is 2.43 bits per heavy atom. The Kier molecular flexibility index (Phi) is 3.89. The molecule has 6 nitrogen and oxygen atoms in total. The van der Waals surface area contributed by atoms with Gasteiger partial charge in [0.05, 0.1) is 4.92 Å². The number of rotatable bonds is 3. The van der Waals surface area contributed by atoms with E-state index < -0.39 is 4.92 Å². The molecule has 0 radical (unpaired) electrons. The van der Waals surface area contributed by atoms with E-state index in [4.69, 9.17) is 0 Å². The maximum atomic E-state index is 12.2. The highest BCUT2D eigenvalue weighted by molar-refractivity contribution is 6.05. The molecule has 0 atom stereocenters. The predicted octanol–water partition coefficient (Wildman–Crippen LogP) is 3.17. The first kappa shape index (κ1) is 14.5. The zero-order valence-corrected chi connectivity index (χ0v) is 11.6. The molecule has 2 rings (SSSR count). The molecule has 0 aliphatic heterocycles. The third-order valence-corrected chi connectivity index (χ3v) is 3.12. The molecule has 2 N–H and O–H groups in total. The van der Waals surface area contributed by atoms with Crippen LogP contribution in [0.5, 0.6) is 5.75 Å². The molecule has 0 unspecified atom stereocenters. The molecule has 21 heavy (non-hydrogen) atoms. The lowest BCUT2D eigenvalue weighted by molar-refractivity contribution is -0.384. The Morgan fingerprint density at radius 2 is 1.86 bits per heavy atom. The van der Waals surface area contributed by atoms with Gasteiger partial charge in [0.25, 0.3) is 11.6 Å². The van der Waals surface area contributed by atoms with Gasteiger partial charge >= 0.3 is 0 Å². The average Bonchev–Trinajstić information content (AvgIpc) is 2.42. The molecule has 0 heterocycles. The molecule has 0 aliphatic rings. The minimum atomic E-state index is -0.502. The van der Waals surface area contributed by atoms with Gasteiger partial charge in [-0.1, -0.05) is 0 Å². The van der Waals surface area contributed by atoms with Crippen LogP contribution in [-0.4, -0.2) is 15.9 Å². The first-order chi connectivity index (χ1) is 9.88. The zero-order chi connectivity index (χ0) is 15.6. The number of phenols is 1. The largest absolute Gasteiger partial charge is 0.508 e. The molecule has 0 aromatic heterocycles. The van der Waals surface area contributed by atoms with Gasteiger partial charge in [0.15, 0.2) is 0 Å². The number of carbonyl (C=O) groups is 1. The van der Waals surface area contributed by atoms with Crippen molar-refractivity contribution in [3.8, 4) is 5.75 Å². The number of anilines is 1. The summed E-state index contributed by atoms with van der Waals surface area (Å²) in [5, 5.41) is 22.8. The van der Waals surface area contributed by atoms with Crippen LogP contribution in [-0.2, 0) is 0 Å². The number of nitro benzene ring substituents is 1. The van der Waals surface area contributed by atoms with Crippen LogP contribution in [0, 0.1) is 24.0 Å². The Labute approximate surface area is 121 Å². The van der Waals surface area contributed by atoms with Crippen LogP contribution in [0.2, 0.25) is 0 Å². The maximum absolute atomic E-state index is 12.2. The topological polar surface area (TPSA) is 92.5 Å². The van der Waals surface area contributed by atoms with Crippen molar-refractivity contribution in [3.05, 3.63) is 63.2 Å². The van der Waals surface area contributed by atoms with E-state index >= 15 is 0 Å². The van der Waals surface area contributed by atoms with Gasteiger partial charge in [-0.25, -0.2) is 0 Å². The molecule has 2 aromatic carbocycles. The number of amides is 1. The maximum Gasteiger partial charge on any atom is 0.269 e. The summed E-state index contributed by atoms with van der Waals surface area (Å²) in [5.41, 5.74) is 2.04. The monoisotopic (exact) mass is 286 g/mol. The van der Waals surface area contributed by atoms with Crippen molar-refractivity contribution < 1.29 is 14.8 Å². The van der Waals surface area contributed by atoms with Crippen molar-refractivity contribution >= 4 is 17.3 Å². The Hall–Kier alpha value is -2.89. The summed E-state index contributed by atoms with van der Waals surface area (Å²) in [6, 6.07) is 8.81. The quantitative estimate of drug-likeness (QED) is 0.515. The lowest BCUT2D eigenvalue weighted by Gasteiger charge is -2.09. The summed E-state index contributed by atoms with van der Waals surface area (Å²) in [7, 11) is 0. The molecule has 0 spiro atoms. The van der Waals surface area contributed by atoms with Gasteiger partial charge in [-0.05, 0) is 49.2 Å². The molecule has 108 valence electrons. The molecule has 0 bridgehead atoms. The van der Waals surface area contributed by atoms with Gasteiger partial charge in [0.1, 0.15) is 5.75 Å². The van der Waals surface area contributed by atoms with E-state index in [0.29, 0.717) is 22.4 Å². The first-order valence-electron chi connectivity index (χ1n) is 6.24. The van der Waals surface area contributed by atoms with Crippen molar-refractivity contribution in [3.63, 3.8) is 0 Å². The van der Waals surface area contributed by atoms with E-state index in [0.717, 1.165) is 0 Å². The molecule has 0 fully saturated rings. The summed E-state index contributed by atoms with van der Waals surface area (Å²) in [5.74, 6) is -0.202. The van der Waals surface area contributed by atoms with Gasteiger partial charge in [-0.3, -0.25) is 14.9 Å². The molecule has 0 saturated heterocycles. The highest BCUT2D eigenvalue weighted by Gasteiger charge is 2.14. The van der Waals surface area contributed by atoms with Crippen molar-refractivity contribution in [1.82, 2.24) is 0 Å². The fourth-order valence-corrected chi connectivity index (χ4v) is 1.95. The van der Waals surface area contributed by atoms with Crippen LogP contribution < -0.4 is 5.32 Å². The molecular formula is C15H14N2O4. The van der Waals surface area contributed by atoms with E-state index in [9.17, 15) is 20.0 Å². The Balaban J connectivity index is 2.24. The van der Waals surface area contributed by atoms with Crippen LogP contribution in [0.1, 0.15) is 21.5 Å². The Bertz CT molecular complexity index is 726. The fourth-order valence-electron chi connectivity index (χ4n) is 1.95. The lowest BCUT2D eigenvalue weighted by Crippen LogP contribution is -2.13. The molecule has 6 heteroatoms.